The average molecular weight is 340 g/mol. The molecule has 3 fully saturated rings. The molecule has 3 heterocycles. The number of pyridine rings is 1. The maximum Gasteiger partial charge on any atom is 0.312 e. The Kier molecular flexibility index (Phi) is 4.34. The maximum atomic E-state index is 12.0. The highest BCUT2D eigenvalue weighted by molar-refractivity contribution is 5.80. The lowest BCUT2D eigenvalue weighted by atomic mass is 9.67. The van der Waals surface area contributed by atoms with Gasteiger partial charge in [0.25, 0.3) is 0 Å². The Morgan fingerprint density at radius 1 is 1.32 bits per heavy atom. The normalized spacial score (nSPS) is 25.5. The predicted molar refractivity (Wildman–Crippen MR) is 93.0 cm³/mol. The van der Waals surface area contributed by atoms with Gasteiger partial charge in [-0.2, -0.15) is 5.26 Å². The Balaban J connectivity index is 1.24. The van der Waals surface area contributed by atoms with Crippen LogP contribution >= 0.6 is 0 Å². The number of aromatic nitrogens is 1. The molecular formula is C19H24N4O2. The summed E-state index contributed by atoms with van der Waals surface area (Å²) < 4.78 is 5.61. The maximum absolute atomic E-state index is 12.0. The Morgan fingerprint density at radius 2 is 2.12 bits per heavy atom. The smallest absolute Gasteiger partial charge is 0.312 e. The Labute approximate surface area is 148 Å². The molecule has 25 heavy (non-hydrogen) atoms. The number of esters is 1. The van der Waals surface area contributed by atoms with E-state index >= 15 is 0 Å². The van der Waals surface area contributed by atoms with E-state index in [4.69, 9.17) is 10.00 Å². The van der Waals surface area contributed by atoms with Gasteiger partial charge in [-0.25, -0.2) is 4.98 Å². The molecule has 2 saturated heterocycles. The van der Waals surface area contributed by atoms with Crippen LogP contribution in [0.3, 0.4) is 0 Å². The molecule has 1 aromatic rings. The van der Waals surface area contributed by atoms with E-state index in [0.29, 0.717) is 5.56 Å². The number of hydrogen-bond acceptors (Lipinski definition) is 6. The molecule has 1 aliphatic carbocycles. The molecule has 4 rings (SSSR count). The van der Waals surface area contributed by atoms with E-state index in [1.807, 2.05) is 6.07 Å². The van der Waals surface area contributed by atoms with Gasteiger partial charge in [-0.15, -0.1) is 0 Å². The minimum Gasteiger partial charge on any atom is -0.462 e. The van der Waals surface area contributed by atoms with Crippen molar-refractivity contribution in [3.05, 3.63) is 23.9 Å². The molecule has 6 heteroatoms. The number of rotatable bonds is 4. The van der Waals surface area contributed by atoms with Gasteiger partial charge in [0, 0.05) is 45.3 Å². The second-order valence-corrected chi connectivity index (χ2v) is 7.50. The highest BCUT2D eigenvalue weighted by Gasteiger charge is 2.52. The minimum absolute atomic E-state index is 0.0528. The number of cyclic esters (lactones) is 1. The van der Waals surface area contributed by atoms with Crippen LogP contribution in [-0.4, -0.2) is 54.7 Å². The Hall–Kier alpha value is -2.13. The average Bonchev–Trinajstić information content (AvgIpc) is 2.97. The van der Waals surface area contributed by atoms with Crippen molar-refractivity contribution in [3.8, 4) is 6.07 Å². The third-order valence-corrected chi connectivity index (χ3v) is 5.97. The molecule has 0 N–H and O–H groups in total. The van der Waals surface area contributed by atoms with Gasteiger partial charge in [0.15, 0.2) is 0 Å². The molecule has 1 unspecified atom stereocenters. The number of carbonyl (C=O) groups is 1. The fourth-order valence-electron chi connectivity index (χ4n) is 4.20. The first-order chi connectivity index (χ1) is 12.2. The molecule has 0 aromatic carbocycles. The van der Waals surface area contributed by atoms with Gasteiger partial charge >= 0.3 is 5.97 Å². The van der Waals surface area contributed by atoms with Crippen LogP contribution < -0.4 is 4.90 Å². The van der Waals surface area contributed by atoms with Crippen LogP contribution in [0, 0.1) is 16.7 Å². The summed E-state index contributed by atoms with van der Waals surface area (Å²) in [4.78, 5) is 21.1. The van der Waals surface area contributed by atoms with Crippen LogP contribution in [0.1, 0.15) is 37.7 Å². The molecule has 1 saturated carbocycles. The lowest BCUT2D eigenvalue weighted by Crippen LogP contribution is -2.47. The number of piperazine rings is 1. The second-order valence-electron chi connectivity index (χ2n) is 7.50. The first kappa shape index (κ1) is 16.3. The Bertz CT molecular complexity index is 687. The van der Waals surface area contributed by atoms with Crippen molar-refractivity contribution in [2.24, 2.45) is 5.41 Å². The van der Waals surface area contributed by atoms with Crippen LogP contribution in [0.15, 0.2) is 18.3 Å². The lowest BCUT2D eigenvalue weighted by molar-refractivity contribution is -0.152. The first-order valence-corrected chi connectivity index (χ1v) is 9.23. The van der Waals surface area contributed by atoms with E-state index in [0.717, 1.165) is 64.2 Å². The van der Waals surface area contributed by atoms with E-state index in [1.54, 1.807) is 12.3 Å². The van der Waals surface area contributed by atoms with E-state index < -0.39 is 0 Å². The van der Waals surface area contributed by atoms with E-state index in [2.05, 4.69) is 20.9 Å². The zero-order chi connectivity index (χ0) is 17.3. The molecule has 0 amide bonds. The molecule has 6 nitrogen and oxygen atoms in total. The molecule has 3 aliphatic rings. The second kappa shape index (κ2) is 6.64. The third kappa shape index (κ3) is 3.21. The SMILES string of the molecule is N#Cc1ccnc(N2CCN(CCC3CC4(CCC4)C(=O)O3)CC2)c1. The van der Waals surface area contributed by atoms with Crippen molar-refractivity contribution in [3.63, 3.8) is 0 Å². The fourth-order valence-corrected chi connectivity index (χ4v) is 4.20. The van der Waals surface area contributed by atoms with Crippen molar-refractivity contribution in [1.82, 2.24) is 9.88 Å². The predicted octanol–water partition coefficient (Wildman–Crippen LogP) is 1.95. The third-order valence-electron chi connectivity index (χ3n) is 5.97. The molecule has 132 valence electrons. The minimum atomic E-state index is -0.110. The Morgan fingerprint density at radius 3 is 2.76 bits per heavy atom. The zero-order valence-electron chi connectivity index (χ0n) is 14.5. The molecule has 1 atom stereocenters. The lowest BCUT2D eigenvalue weighted by Gasteiger charge is -2.36. The molecule has 0 bridgehead atoms. The molecule has 2 aliphatic heterocycles. The van der Waals surface area contributed by atoms with Gasteiger partial charge in [0.2, 0.25) is 0 Å². The van der Waals surface area contributed by atoms with Gasteiger partial charge < -0.3 is 9.64 Å². The van der Waals surface area contributed by atoms with Crippen LogP contribution in [0.4, 0.5) is 5.82 Å². The number of anilines is 1. The topological polar surface area (TPSA) is 69.5 Å². The van der Waals surface area contributed by atoms with Gasteiger partial charge in [-0.05, 0) is 31.4 Å². The van der Waals surface area contributed by atoms with Crippen molar-refractivity contribution < 1.29 is 9.53 Å². The molecule has 1 spiro atoms. The van der Waals surface area contributed by atoms with Crippen molar-refractivity contribution >= 4 is 11.8 Å². The summed E-state index contributed by atoms with van der Waals surface area (Å²) in [5, 5.41) is 9.01. The summed E-state index contributed by atoms with van der Waals surface area (Å²) in [6.45, 7) is 4.76. The van der Waals surface area contributed by atoms with Crippen LogP contribution in [0.25, 0.3) is 0 Å². The molecular weight excluding hydrogens is 316 g/mol. The standard InChI is InChI=1S/C19H24N4O2/c20-14-15-2-6-21-17(12-15)23-10-8-22(9-11-23)7-3-16-13-19(4-1-5-19)18(24)25-16/h2,6,12,16H,1,3-5,7-11,13H2. The quantitative estimate of drug-likeness (QED) is 0.781. The highest BCUT2D eigenvalue weighted by Crippen LogP contribution is 2.50. The number of hydrogen-bond donors (Lipinski definition) is 0. The molecule has 0 radical (unpaired) electrons. The van der Waals surface area contributed by atoms with Gasteiger partial charge in [0.05, 0.1) is 17.0 Å². The van der Waals surface area contributed by atoms with Gasteiger partial charge in [-0.1, -0.05) is 6.42 Å². The first-order valence-electron chi connectivity index (χ1n) is 9.23. The summed E-state index contributed by atoms with van der Waals surface area (Å²) in [5.74, 6) is 0.937. The van der Waals surface area contributed by atoms with E-state index in [-0.39, 0.29) is 17.5 Å². The zero-order valence-corrected chi connectivity index (χ0v) is 14.5. The van der Waals surface area contributed by atoms with Crippen molar-refractivity contribution in [1.29, 1.82) is 5.26 Å². The number of ether oxygens (including phenoxy) is 1. The number of nitrogens with zero attached hydrogens (tertiary/aromatic N) is 4. The van der Waals surface area contributed by atoms with Gasteiger partial charge in [-0.3, -0.25) is 9.69 Å². The highest BCUT2D eigenvalue weighted by atomic mass is 16.6. The van der Waals surface area contributed by atoms with Crippen LogP contribution in [0.2, 0.25) is 0 Å². The van der Waals surface area contributed by atoms with Gasteiger partial charge in [0.1, 0.15) is 11.9 Å². The van der Waals surface area contributed by atoms with Crippen molar-refractivity contribution in [2.45, 2.75) is 38.2 Å². The number of carbonyl (C=O) groups excluding carboxylic acids is 1. The van der Waals surface area contributed by atoms with E-state index in [9.17, 15) is 4.79 Å². The van der Waals surface area contributed by atoms with Crippen LogP contribution in [-0.2, 0) is 9.53 Å². The summed E-state index contributed by atoms with van der Waals surface area (Å²) in [6.07, 6.45) is 6.90. The number of nitriles is 1. The fraction of sp³-hybridized carbons (Fsp3) is 0.632. The van der Waals surface area contributed by atoms with E-state index in [1.165, 1.54) is 6.42 Å². The van der Waals surface area contributed by atoms with Crippen LogP contribution in [0.5, 0.6) is 0 Å². The molecule has 1 aromatic heterocycles. The van der Waals surface area contributed by atoms with Crippen molar-refractivity contribution in [2.75, 3.05) is 37.6 Å². The monoisotopic (exact) mass is 340 g/mol. The summed E-state index contributed by atoms with van der Waals surface area (Å²) in [5.41, 5.74) is 0.543. The summed E-state index contributed by atoms with van der Waals surface area (Å²) >= 11 is 0. The largest absolute Gasteiger partial charge is 0.462 e. The summed E-state index contributed by atoms with van der Waals surface area (Å²) in [7, 11) is 0. The summed E-state index contributed by atoms with van der Waals surface area (Å²) in [6, 6.07) is 5.75.